The fourth-order valence-electron chi connectivity index (χ4n) is 3.26. The van der Waals surface area contributed by atoms with E-state index >= 15 is 0 Å². The molecule has 7 heteroatoms. The average Bonchev–Trinajstić information content (AvgIpc) is 2.70. The second-order valence-corrected chi connectivity index (χ2v) is 10.3. The summed E-state index contributed by atoms with van der Waals surface area (Å²) < 4.78 is 14.1. The molecule has 0 spiro atoms. The second kappa shape index (κ2) is 11.7. The van der Waals surface area contributed by atoms with Crippen molar-refractivity contribution in [1.29, 1.82) is 0 Å². The molecule has 1 atom stereocenters. The summed E-state index contributed by atoms with van der Waals surface area (Å²) in [5.41, 5.74) is 2.06. The number of hydrogen-bond donors (Lipinski definition) is 1. The Balaban J connectivity index is 2.18. The zero-order valence-electron chi connectivity index (χ0n) is 19.4. The first-order chi connectivity index (χ1) is 15.0. The van der Waals surface area contributed by atoms with Gasteiger partial charge in [0.05, 0.1) is 5.75 Å². The van der Waals surface area contributed by atoms with Crippen LogP contribution in [-0.4, -0.2) is 34.0 Å². The molecule has 0 fully saturated rings. The first kappa shape index (κ1) is 26.2. The third-order valence-electron chi connectivity index (χ3n) is 4.89. The number of benzene rings is 2. The second-order valence-electron chi connectivity index (χ2n) is 8.86. The Hall–Kier alpha value is -2.05. The molecular formula is C25H32ClFN2O2S. The minimum atomic E-state index is -0.597. The topological polar surface area (TPSA) is 49.4 Å². The van der Waals surface area contributed by atoms with Gasteiger partial charge in [0.2, 0.25) is 11.8 Å². The van der Waals surface area contributed by atoms with Crippen LogP contribution in [0.15, 0.2) is 42.5 Å². The van der Waals surface area contributed by atoms with Crippen LogP contribution in [0.3, 0.4) is 0 Å². The highest BCUT2D eigenvalue weighted by Crippen LogP contribution is 2.25. The van der Waals surface area contributed by atoms with Crippen LogP contribution < -0.4 is 5.32 Å². The van der Waals surface area contributed by atoms with Crippen molar-refractivity contribution < 1.29 is 14.0 Å². The molecule has 0 aliphatic heterocycles. The lowest BCUT2D eigenvalue weighted by atomic mass is 10.1. The van der Waals surface area contributed by atoms with Crippen LogP contribution in [0.25, 0.3) is 0 Å². The van der Waals surface area contributed by atoms with Crippen LogP contribution in [0.2, 0.25) is 5.02 Å². The molecule has 0 bridgehead atoms. The van der Waals surface area contributed by atoms with Crippen LogP contribution in [0, 0.1) is 12.7 Å². The molecule has 4 nitrogen and oxygen atoms in total. The minimum absolute atomic E-state index is 0.121. The molecule has 2 aromatic rings. The third-order valence-corrected chi connectivity index (χ3v) is 6.19. The Morgan fingerprint density at radius 1 is 1.16 bits per heavy atom. The molecule has 0 saturated carbocycles. The Labute approximate surface area is 199 Å². The number of carbonyl (C=O) groups is 2. The molecule has 2 aromatic carbocycles. The van der Waals surface area contributed by atoms with Crippen molar-refractivity contribution in [3.8, 4) is 0 Å². The van der Waals surface area contributed by atoms with Crippen LogP contribution >= 0.6 is 23.4 Å². The average molecular weight is 479 g/mol. The highest BCUT2D eigenvalue weighted by Gasteiger charge is 2.30. The zero-order chi connectivity index (χ0) is 23.9. The van der Waals surface area contributed by atoms with E-state index in [1.807, 2.05) is 58.9 Å². The molecule has 174 valence electrons. The molecule has 0 saturated heterocycles. The van der Waals surface area contributed by atoms with E-state index in [9.17, 15) is 14.0 Å². The van der Waals surface area contributed by atoms with Gasteiger partial charge in [-0.15, -0.1) is 11.8 Å². The number of rotatable bonds is 9. The van der Waals surface area contributed by atoms with Crippen molar-refractivity contribution in [2.75, 3.05) is 5.75 Å². The Morgan fingerprint density at radius 3 is 2.38 bits per heavy atom. The number of thioether (sulfide) groups is 1. The minimum Gasteiger partial charge on any atom is -0.350 e. The maximum absolute atomic E-state index is 14.1. The third kappa shape index (κ3) is 7.82. The van der Waals surface area contributed by atoms with Crippen molar-refractivity contribution in [3.05, 3.63) is 70.0 Å². The molecular weight excluding hydrogens is 447 g/mol. The summed E-state index contributed by atoms with van der Waals surface area (Å²) in [4.78, 5) is 27.9. The molecule has 1 N–H and O–H groups in total. The Kier molecular flexibility index (Phi) is 9.59. The van der Waals surface area contributed by atoms with Gasteiger partial charge in [0.15, 0.2) is 0 Å². The predicted octanol–water partition coefficient (Wildman–Crippen LogP) is 5.74. The van der Waals surface area contributed by atoms with Gasteiger partial charge in [0, 0.05) is 28.4 Å². The highest BCUT2D eigenvalue weighted by molar-refractivity contribution is 7.99. The summed E-state index contributed by atoms with van der Waals surface area (Å²) in [6.45, 7) is 9.97. The van der Waals surface area contributed by atoms with Crippen LogP contribution in [0.5, 0.6) is 0 Å². The number of halogens is 2. The molecule has 0 aliphatic carbocycles. The fraction of sp³-hybridized carbons (Fsp3) is 0.440. The molecule has 0 heterocycles. The zero-order valence-corrected chi connectivity index (χ0v) is 20.9. The predicted molar refractivity (Wildman–Crippen MR) is 131 cm³/mol. The summed E-state index contributed by atoms with van der Waals surface area (Å²) >= 11 is 7.39. The number of nitrogens with one attached hydrogen (secondary N) is 1. The van der Waals surface area contributed by atoms with E-state index in [1.165, 1.54) is 17.8 Å². The summed E-state index contributed by atoms with van der Waals surface area (Å²) in [7, 11) is 0. The first-order valence-electron chi connectivity index (χ1n) is 10.7. The summed E-state index contributed by atoms with van der Waals surface area (Å²) in [6, 6.07) is 11.9. The molecule has 2 rings (SSSR count). The van der Waals surface area contributed by atoms with E-state index in [1.54, 1.807) is 17.0 Å². The van der Waals surface area contributed by atoms with Gasteiger partial charge in [-0.3, -0.25) is 9.59 Å². The maximum Gasteiger partial charge on any atom is 0.243 e. The molecule has 32 heavy (non-hydrogen) atoms. The van der Waals surface area contributed by atoms with Crippen molar-refractivity contribution in [2.24, 2.45) is 0 Å². The molecule has 0 aromatic heterocycles. The number of aryl methyl sites for hydroxylation is 1. The summed E-state index contributed by atoms with van der Waals surface area (Å²) in [5.74, 6) is -0.331. The first-order valence-corrected chi connectivity index (χ1v) is 12.2. The Morgan fingerprint density at radius 2 is 1.81 bits per heavy atom. The van der Waals surface area contributed by atoms with E-state index in [-0.39, 0.29) is 29.1 Å². The normalized spacial score (nSPS) is 12.3. The fourth-order valence-corrected chi connectivity index (χ4v) is 4.51. The number of hydrogen-bond acceptors (Lipinski definition) is 3. The van der Waals surface area contributed by atoms with Gasteiger partial charge in [0.25, 0.3) is 0 Å². The van der Waals surface area contributed by atoms with Crippen molar-refractivity contribution in [1.82, 2.24) is 10.2 Å². The van der Waals surface area contributed by atoms with Crippen molar-refractivity contribution in [3.63, 3.8) is 0 Å². The monoisotopic (exact) mass is 478 g/mol. The van der Waals surface area contributed by atoms with Crippen LogP contribution in [0.1, 0.15) is 50.8 Å². The number of carbonyl (C=O) groups excluding carboxylic acids is 2. The number of amides is 2. The van der Waals surface area contributed by atoms with E-state index in [0.29, 0.717) is 23.6 Å². The number of nitrogens with zero attached hydrogens (tertiary/aromatic N) is 1. The van der Waals surface area contributed by atoms with E-state index in [2.05, 4.69) is 5.32 Å². The van der Waals surface area contributed by atoms with Gasteiger partial charge >= 0.3 is 0 Å². The molecule has 0 radical (unpaired) electrons. The smallest absolute Gasteiger partial charge is 0.243 e. The van der Waals surface area contributed by atoms with Crippen molar-refractivity contribution in [2.45, 2.75) is 64.9 Å². The highest BCUT2D eigenvalue weighted by atomic mass is 35.5. The van der Waals surface area contributed by atoms with Gasteiger partial charge in [-0.1, -0.05) is 54.4 Å². The van der Waals surface area contributed by atoms with Gasteiger partial charge in [0.1, 0.15) is 11.9 Å². The van der Waals surface area contributed by atoms with Crippen LogP contribution in [0.4, 0.5) is 4.39 Å². The lowest BCUT2D eigenvalue weighted by Gasteiger charge is -2.33. The maximum atomic E-state index is 14.1. The van der Waals surface area contributed by atoms with E-state index in [0.717, 1.165) is 11.1 Å². The lowest BCUT2D eigenvalue weighted by Crippen LogP contribution is -2.53. The van der Waals surface area contributed by atoms with Gasteiger partial charge in [-0.05, 0) is 51.8 Å². The quantitative estimate of drug-likeness (QED) is 0.499. The van der Waals surface area contributed by atoms with E-state index < -0.39 is 11.6 Å². The lowest BCUT2D eigenvalue weighted by molar-refractivity contribution is -0.140. The standard InChI is InChI=1S/C25H32ClFN2O2S/c1-6-22(24(31)28-25(3,4)5)29(14-18-12-10-17(2)11-13-18)23(30)16-32-15-19-20(26)8-7-9-21(19)27/h7-13,22H,6,14-16H2,1-5H3,(H,28,31)/t22-/m1/s1. The molecule has 0 aliphatic rings. The van der Waals surface area contributed by atoms with Gasteiger partial charge < -0.3 is 10.2 Å². The largest absolute Gasteiger partial charge is 0.350 e. The van der Waals surface area contributed by atoms with Crippen molar-refractivity contribution >= 4 is 35.2 Å². The van der Waals surface area contributed by atoms with Gasteiger partial charge in [-0.2, -0.15) is 0 Å². The summed E-state index contributed by atoms with van der Waals surface area (Å²) in [5, 5.41) is 3.34. The summed E-state index contributed by atoms with van der Waals surface area (Å²) in [6.07, 6.45) is 0.489. The Bertz CT molecular complexity index is 908. The van der Waals surface area contributed by atoms with E-state index in [4.69, 9.17) is 11.6 Å². The molecule has 0 unspecified atom stereocenters. The van der Waals surface area contributed by atoms with Gasteiger partial charge in [-0.25, -0.2) is 4.39 Å². The molecule has 2 amide bonds. The SMILES string of the molecule is CC[C@H](C(=O)NC(C)(C)C)N(Cc1ccc(C)cc1)C(=O)CSCc1c(F)cccc1Cl. The van der Waals surface area contributed by atoms with Crippen LogP contribution in [-0.2, 0) is 21.9 Å².